The fraction of sp³-hybridized carbons (Fsp3) is 0.429. The Labute approximate surface area is 167 Å². The summed E-state index contributed by atoms with van der Waals surface area (Å²) in [6.45, 7) is 3.86. The number of aromatic amines is 1. The van der Waals surface area contributed by atoms with Crippen LogP contribution in [-0.2, 0) is 11.2 Å². The lowest BCUT2D eigenvalue weighted by Crippen LogP contribution is -2.45. The van der Waals surface area contributed by atoms with E-state index >= 15 is 0 Å². The molecule has 3 aromatic rings. The van der Waals surface area contributed by atoms with E-state index in [1.165, 1.54) is 0 Å². The number of fused-ring (bicyclic) bond motifs is 1. The standard InChI is InChI=1S/C21H25N5O3/c1-12(2)20(28)18-11-26(25-24-18)16-8-15(9-16)22-19(27)10-14-7-13-5-3-4-6-17(13)21(29)23-14/h3-7,11-12,15-16,20,28H,8-10H2,1-2H3,(H,22,27)(H,23,29). The highest BCUT2D eigenvalue weighted by Gasteiger charge is 2.33. The number of hydrogen-bond acceptors (Lipinski definition) is 5. The zero-order valence-corrected chi connectivity index (χ0v) is 16.5. The summed E-state index contributed by atoms with van der Waals surface area (Å²) in [7, 11) is 0. The lowest BCUT2D eigenvalue weighted by molar-refractivity contribution is -0.122. The Morgan fingerprint density at radius 1 is 1.34 bits per heavy atom. The van der Waals surface area contributed by atoms with E-state index < -0.39 is 6.10 Å². The number of benzene rings is 1. The number of amides is 1. The van der Waals surface area contributed by atoms with Crippen molar-refractivity contribution in [2.75, 3.05) is 0 Å². The van der Waals surface area contributed by atoms with Crippen molar-refractivity contribution in [1.82, 2.24) is 25.3 Å². The third kappa shape index (κ3) is 4.07. The van der Waals surface area contributed by atoms with Gasteiger partial charge in [0.15, 0.2) is 0 Å². The quantitative estimate of drug-likeness (QED) is 0.590. The van der Waals surface area contributed by atoms with Crippen LogP contribution in [0.3, 0.4) is 0 Å². The molecule has 8 nitrogen and oxygen atoms in total. The molecule has 1 saturated carbocycles. The van der Waals surface area contributed by atoms with Gasteiger partial charge in [0.05, 0.1) is 18.7 Å². The third-order valence-electron chi connectivity index (χ3n) is 5.48. The van der Waals surface area contributed by atoms with Crippen LogP contribution in [-0.4, -0.2) is 37.0 Å². The smallest absolute Gasteiger partial charge is 0.256 e. The highest BCUT2D eigenvalue weighted by molar-refractivity contribution is 5.84. The molecule has 8 heteroatoms. The van der Waals surface area contributed by atoms with Crippen molar-refractivity contribution in [3.8, 4) is 0 Å². The lowest BCUT2D eigenvalue weighted by atomic mass is 9.86. The second-order valence-corrected chi connectivity index (χ2v) is 8.09. The molecule has 2 heterocycles. The maximum Gasteiger partial charge on any atom is 0.256 e. The molecule has 1 aromatic carbocycles. The van der Waals surface area contributed by atoms with Crippen molar-refractivity contribution in [3.05, 3.63) is 58.3 Å². The Hall–Kier alpha value is -3.00. The van der Waals surface area contributed by atoms with Crippen molar-refractivity contribution >= 4 is 16.7 Å². The van der Waals surface area contributed by atoms with Crippen LogP contribution in [0.4, 0.5) is 0 Å². The molecule has 0 saturated heterocycles. The van der Waals surface area contributed by atoms with Crippen molar-refractivity contribution in [2.24, 2.45) is 5.92 Å². The van der Waals surface area contributed by atoms with Gasteiger partial charge in [-0.2, -0.15) is 0 Å². The number of H-pyrrole nitrogens is 1. The summed E-state index contributed by atoms with van der Waals surface area (Å²) >= 11 is 0. The van der Waals surface area contributed by atoms with Gasteiger partial charge in [-0.05, 0) is 36.3 Å². The topological polar surface area (TPSA) is 113 Å². The van der Waals surface area contributed by atoms with E-state index in [1.807, 2.05) is 38.1 Å². The molecular formula is C21H25N5O3. The lowest BCUT2D eigenvalue weighted by Gasteiger charge is -2.35. The molecule has 1 atom stereocenters. The minimum Gasteiger partial charge on any atom is -0.386 e. The average Bonchev–Trinajstić information content (AvgIpc) is 3.13. The summed E-state index contributed by atoms with van der Waals surface area (Å²) in [4.78, 5) is 27.3. The minimum absolute atomic E-state index is 0.0716. The van der Waals surface area contributed by atoms with E-state index in [9.17, 15) is 14.7 Å². The van der Waals surface area contributed by atoms with Gasteiger partial charge in [0.1, 0.15) is 11.8 Å². The molecule has 1 amide bonds. The maximum absolute atomic E-state index is 12.4. The van der Waals surface area contributed by atoms with Crippen LogP contribution in [0.1, 0.15) is 50.2 Å². The molecule has 1 fully saturated rings. The molecular weight excluding hydrogens is 370 g/mol. The predicted octanol–water partition coefficient (Wildman–Crippen LogP) is 1.87. The number of hydrogen-bond donors (Lipinski definition) is 3. The van der Waals surface area contributed by atoms with Crippen LogP contribution >= 0.6 is 0 Å². The third-order valence-corrected chi connectivity index (χ3v) is 5.48. The Kier molecular flexibility index (Phi) is 5.19. The summed E-state index contributed by atoms with van der Waals surface area (Å²) in [5, 5.41) is 22.7. The monoisotopic (exact) mass is 395 g/mol. The maximum atomic E-state index is 12.4. The first kappa shape index (κ1) is 19.3. The molecule has 2 aromatic heterocycles. The number of pyridine rings is 1. The molecule has 3 N–H and O–H groups in total. The van der Waals surface area contributed by atoms with Crippen LogP contribution < -0.4 is 10.9 Å². The normalized spacial score (nSPS) is 19.9. The van der Waals surface area contributed by atoms with E-state index in [1.54, 1.807) is 16.9 Å². The average molecular weight is 395 g/mol. The fourth-order valence-electron chi connectivity index (χ4n) is 3.68. The van der Waals surface area contributed by atoms with Crippen molar-refractivity contribution in [3.63, 3.8) is 0 Å². The summed E-state index contributed by atoms with van der Waals surface area (Å²) in [5.74, 6) is -0.0379. The van der Waals surface area contributed by atoms with Gasteiger partial charge >= 0.3 is 0 Å². The second kappa shape index (κ2) is 7.79. The molecule has 0 bridgehead atoms. The number of rotatable bonds is 6. The van der Waals surface area contributed by atoms with Gasteiger partial charge in [-0.3, -0.25) is 9.59 Å². The van der Waals surface area contributed by atoms with E-state index in [0.29, 0.717) is 16.8 Å². The Morgan fingerprint density at radius 2 is 2.10 bits per heavy atom. The van der Waals surface area contributed by atoms with E-state index in [2.05, 4.69) is 20.6 Å². The first-order chi connectivity index (χ1) is 13.9. The molecule has 152 valence electrons. The summed E-state index contributed by atoms with van der Waals surface area (Å²) in [6, 6.07) is 9.40. The van der Waals surface area contributed by atoms with Crippen LogP contribution in [0, 0.1) is 5.92 Å². The molecule has 0 aliphatic heterocycles. The van der Waals surface area contributed by atoms with E-state index in [0.717, 1.165) is 18.2 Å². The van der Waals surface area contributed by atoms with Gasteiger partial charge in [-0.15, -0.1) is 5.10 Å². The summed E-state index contributed by atoms with van der Waals surface area (Å²) < 4.78 is 1.77. The van der Waals surface area contributed by atoms with Crippen LogP contribution in [0.25, 0.3) is 10.8 Å². The highest BCUT2D eigenvalue weighted by Crippen LogP contribution is 2.32. The Bertz CT molecular complexity index is 1080. The zero-order chi connectivity index (χ0) is 20.5. The summed E-state index contributed by atoms with van der Waals surface area (Å²) in [5.41, 5.74) is 0.999. The zero-order valence-electron chi connectivity index (χ0n) is 16.5. The van der Waals surface area contributed by atoms with Gasteiger partial charge in [-0.1, -0.05) is 37.3 Å². The number of aliphatic hydroxyl groups is 1. The first-order valence-corrected chi connectivity index (χ1v) is 9.91. The molecule has 1 aliphatic rings. The Morgan fingerprint density at radius 3 is 2.86 bits per heavy atom. The van der Waals surface area contributed by atoms with Gasteiger partial charge in [-0.25, -0.2) is 4.68 Å². The molecule has 0 spiro atoms. The number of nitrogens with one attached hydrogen (secondary N) is 2. The highest BCUT2D eigenvalue weighted by atomic mass is 16.3. The molecule has 1 aliphatic carbocycles. The van der Waals surface area contributed by atoms with E-state index in [-0.39, 0.29) is 35.9 Å². The van der Waals surface area contributed by atoms with Gasteiger partial charge < -0.3 is 15.4 Å². The van der Waals surface area contributed by atoms with Crippen LogP contribution in [0.5, 0.6) is 0 Å². The molecule has 29 heavy (non-hydrogen) atoms. The summed E-state index contributed by atoms with van der Waals surface area (Å²) in [6.07, 6.45) is 2.83. The SMILES string of the molecule is CC(C)C(O)c1cn(C2CC(NC(=O)Cc3cc4ccccc4c(=O)[nH]3)C2)nn1. The van der Waals surface area contributed by atoms with Gasteiger partial charge in [0, 0.05) is 17.1 Å². The van der Waals surface area contributed by atoms with Crippen LogP contribution in [0.15, 0.2) is 41.3 Å². The van der Waals surface area contributed by atoms with Gasteiger partial charge in [0.2, 0.25) is 5.91 Å². The number of carbonyl (C=O) groups is 1. The number of carbonyl (C=O) groups excluding carboxylic acids is 1. The number of aliphatic hydroxyl groups excluding tert-OH is 1. The van der Waals surface area contributed by atoms with Gasteiger partial charge in [0.25, 0.3) is 5.56 Å². The number of aromatic nitrogens is 4. The van der Waals surface area contributed by atoms with Crippen LogP contribution in [0.2, 0.25) is 0 Å². The second-order valence-electron chi connectivity index (χ2n) is 8.09. The minimum atomic E-state index is -0.622. The molecule has 4 rings (SSSR count). The predicted molar refractivity (Wildman–Crippen MR) is 108 cm³/mol. The largest absolute Gasteiger partial charge is 0.386 e. The van der Waals surface area contributed by atoms with Crippen molar-refractivity contribution < 1.29 is 9.90 Å². The fourth-order valence-corrected chi connectivity index (χ4v) is 3.68. The molecule has 1 unspecified atom stereocenters. The molecule has 0 radical (unpaired) electrons. The van der Waals surface area contributed by atoms with E-state index in [4.69, 9.17) is 0 Å². The van der Waals surface area contributed by atoms with Crippen molar-refractivity contribution in [2.45, 2.75) is 51.3 Å². The Balaban J connectivity index is 1.32. The number of nitrogens with zero attached hydrogens (tertiary/aromatic N) is 3. The van der Waals surface area contributed by atoms with Crippen molar-refractivity contribution in [1.29, 1.82) is 0 Å². The first-order valence-electron chi connectivity index (χ1n) is 9.91.